The molecule has 1 heterocycles. The van der Waals surface area contributed by atoms with Crippen molar-refractivity contribution in [3.63, 3.8) is 0 Å². The van der Waals surface area contributed by atoms with Gasteiger partial charge in [0.15, 0.2) is 0 Å². The van der Waals surface area contributed by atoms with Crippen LogP contribution >= 0.6 is 0 Å². The minimum atomic E-state index is -0.309. The maximum Gasteiger partial charge on any atom is 0.248 e. The van der Waals surface area contributed by atoms with E-state index in [1.54, 1.807) is 48.3 Å². The molecule has 0 radical (unpaired) electrons. The minimum absolute atomic E-state index is 0.132. The Bertz CT molecular complexity index is 913. The van der Waals surface area contributed by atoms with Crippen molar-refractivity contribution < 1.29 is 14.3 Å². The van der Waals surface area contributed by atoms with Gasteiger partial charge in [0.2, 0.25) is 5.91 Å². The Morgan fingerprint density at radius 2 is 1.84 bits per heavy atom. The fourth-order valence-electron chi connectivity index (χ4n) is 2.43. The fraction of sp³-hybridized carbons (Fsp3) is 0.0526. The Labute approximate surface area is 144 Å². The first-order valence-electron chi connectivity index (χ1n) is 7.59. The number of aromatic hydroxyl groups is 1. The zero-order valence-corrected chi connectivity index (χ0v) is 13.5. The van der Waals surface area contributed by atoms with Crippen molar-refractivity contribution in [2.75, 3.05) is 5.32 Å². The van der Waals surface area contributed by atoms with E-state index in [9.17, 15) is 14.3 Å². The number of anilines is 1. The molecular formula is C19H16FN3O2. The van der Waals surface area contributed by atoms with Gasteiger partial charge < -0.3 is 10.4 Å². The lowest BCUT2D eigenvalue weighted by molar-refractivity contribution is -0.111. The van der Waals surface area contributed by atoms with Crippen LogP contribution < -0.4 is 5.32 Å². The molecule has 0 saturated heterocycles. The molecule has 25 heavy (non-hydrogen) atoms. The van der Waals surface area contributed by atoms with E-state index in [1.807, 2.05) is 0 Å². The summed E-state index contributed by atoms with van der Waals surface area (Å²) >= 11 is 0. The number of phenolic OH excluding ortho intramolecular Hbond substituents is 1. The topological polar surface area (TPSA) is 67.2 Å². The number of halogens is 1. The van der Waals surface area contributed by atoms with Gasteiger partial charge in [-0.25, -0.2) is 4.39 Å². The molecule has 0 fully saturated rings. The van der Waals surface area contributed by atoms with Crippen molar-refractivity contribution in [2.24, 2.45) is 7.05 Å². The molecule has 0 bridgehead atoms. The molecule has 0 atom stereocenters. The van der Waals surface area contributed by atoms with E-state index in [0.29, 0.717) is 5.69 Å². The van der Waals surface area contributed by atoms with Crippen LogP contribution in [0.3, 0.4) is 0 Å². The van der Waals surface area contributed by atoms with Gasteiger partial charge in [-0.1, -0.05) is 0 Å². The fourth-order valence-corrected chi connectivity index (χ4v) is 2.43. The van der Waals surface area contributed by atoms with E-state index in [4.69, 9.17) is 0 Å². The monoisotopic (exact) mass is 337 g/mol. The number of carbonyl (C=O) groups excluding carboxylic acids is 1. The molecule has 0 saturated carbocycles. The first-order chi connectivity index (χ1) is 12.0. The Kier molecular flexibility index (Phi) is 4.61. The summed E-state index contributed by atoms with van der Waals surface area (Å²) in [5.74, 6) is -0.483. The lowest BCUT2D eigenvalue weighted by Crippen LogP contribution is -2.07. The van der Waals surface area contributed by atoms with Gasteiger partial charge in [-0.2, -0.15) is 5.10 Å². The quantitative estimate of drug-likeness (QED) is 0.565. The van der Waals surface area contributed by atoms with Crippen LogP contribution in [0, 0.1) is 5.82 Å². The Hall–Kier alpha value is -3.41. The molecule has 0 aliphatic heterocycles. The van der Waals surface area contributed by atoms with E-state index >= 15 is 0 Å². The van der Waals surface area contributed by atoms with Gasteiger partial charge >= 0.3 is 0 Å². The first-order valence-corrected chi connectivity index (χ1v) is 7.59. The molecule has 6 heteroatoms. The largest absolute Gasteiger partial charge is 0.508 e. The summed E-state index contributed by atoms with van der Waals surface area (Å²) in [6, 6.07) is 12.3. The smallest absolute Gasteiger partial charge is 0.248 e. The zero-order chi connectivity index (χ0) is 17.8. The molecule has 1 amide bonds. The van der Waals surface area contributed by atoms with Gasteiger partial charge in [0, 0.05) is 29.9 Å². The maximum absolute atomic E-state index is 13.1. The standard InChI is InChI=1S/C19H16FN3O2/c1-23-19(13-2-5-15(20)6-3-13)14(12-21-23)4-11-18(25)22-16-7-9-17(24)10-8-16/h2-12,24H,1H3,(H,22,25)/b11-4+. The summed E-state index contributed by atoms with van der Waals surface area (Å²) in [7, 11) is 1.78. The molecule has 0 aliphatic carbocycles. The summed E-state index contributed by atoms with van der Waals surface area (Å²) in [6.45, 7) is 0. The molecule has 5 nitrogen and oxygen atoms in total. The molecule has 3 aromatic rings. The van der Waals surface area contributed by atoms with E-state index in [1.165, 1.54) is 30.3 Å². The van der Waals surface area contributed by atoms with Gasteiger partial charge in [-0.3, -0.25) is 9.48 Å². The maximum atomic E-state index is 13.1. The lowest BCUT2D eigenvalue weighted by Gasteiger charge is -2.04. The number of nitrogens with zero attached hydrogens (tertiary/aromatic N) is 2. The summed E-state index contributed by atoms with van der Waals surface area (Å²) < 4.78 is 14.8. The second-order valence-electron chi connectivity index (χ2n) is 5.45. The van der Waals surface area contributed by atoms with Crippen molar-refractivity contribution in [1.29, 1.82) is 0 Å². The van der Waals surface area contributed by atoms with Crippen LogP contribution in [0.15, 0.2) is 60.8 Å². The second-order valence-corrected chi connectivity index (χ2v) is 5.45. The highest BCUT2D eigenvalue weighted by Gasteiger charge is 2.09. The molecule has 0 aliphatic rings. The summed E-state index contributed by atoms with van der Waals surface area (Å²) in [5.41, 5.74) is 2.92. The number of benzene rings is 2. The van der Waals surface area contributed by atoms with E-state index < -0.39 is 0 Å². The number of rotatable bonds is 4. The Morgan fingerprint density at radius 3 is 2.52 bits per heavy atom. The van der Waals surface area contributed by atoms with Crippen LogP contribution in [0.25, 0.3) is 17.3 Å². The summed E-state index contributed by atoms with van der Waals surface area (Å²) in [4.78, 5) is 12.0. The predicted molar refractivity (Wildman–Crippen MR) is 94.4 cm³/mol. The number of nitrogens with one attached hydrogen (secondary N) is 1. The van der Waals surface area contributed by atoms with Crippen LogP contribution in [0.4, 0.5) is 10.1 Å². The third-order valence-corrected chi connectivity index (χ3v) is 3.63. The van der Waals surface area contributed by atoms with E-state index in [2.05, 4.69) is 10.4 Å². The summed E-state index contributed by atoms with van der Waals surface area (Å²) in [5, 5.41) is 16.1. The van der Waals surface area contributed by atoms with Gasteiger partial charge in [0.25, 0.3) is 0 Å². The van der Waals surface area contributed by atoms with Crippen molar-refractivity contribution in [3.05, 3.63) is 72.2 Å². The van der Waals surface area contributed by atoms with Gasteiger partial charge in [0.1, 0.15) is 11.6 Å². The van der Waals surface area contributed by atoms with Gasteiger partial charge in [0.05, 0.1) is 11.9 Å². The molecule has 1 aromatic heterocycles. The molecule has 0 unspecified atom stereocenters. The number of aryl methyl sites for hydroxylation is 1. The lowest BCUT2D eigenvalue weighted by atomic mass is 10.1. The number of hydrogen-bond donors (Lipinski definition) is 2. The Morgan fingerprint density at radius 1 is 1.16 bits per heavy atom. The molecular weight excluding hydrogens is 321 g/mol. The average Bonchev–Trinajstić information content (AvgIpc) is 2.97. The first kappa shape index (κ1) is 16.4. The molecule has 3 rings (SSSR count). The number of aromatic nitrogens is 2. The zero-order valence-electron chi connectivity index (χ0n) is 13.5. The molecule has 126 valence electrons. The number of hydrogen-bond acceptors (Lipinski definition) is 3. The molecule has 2 N–H and O–H groups in total. The predicted octanol–water partition coefficient (Wildman–Crippen LogP) is 3.58. The SMILES string of the molecule is Cn1ncc(/C=C/C(=O)Nc2ccc(O)cc2)c1-c1ccc(F)cc1. The van der Waals surface area contributed by atoms with E-state index in [-0.39, 0.29) is 17.5 Å². The number of carbonyl (C=O) groups is 1. The average molecular weight is 337 g/mol. The highest BCUT2D eigenvalue weighted by atomic mass is 19.1. The van der Waals surface area contributed by atoms with Crippen LogP contribution in [-0.4, -0.2) is 20.8 Å². The van der Waals surface area contributed by atoms with E-state index in [0.717, 1.165) is 16.8 Å². The van der Waals surface area contributed by atoms with Crippen LogP contribution in [0.1, 0.15) is 5.56 Å². The van der Waals surface area contributed by atoms with Crippen molar-refractivity contribution >= 4 is 17.7 Å². The van der Waals surface area contributed by atoms with Crippen LogP contribution in [0.2, 0.25) is 0 Å². The number of amides is 1. The molecule has 0 spiro atoms. The highest BCUT2D eigenvalue weighted by molar-refractivity contribution is 6.02. The summed E-state index contributed by atoms with van der Waals surface area (Å²) in [6.07, 6.45) is 4.70. The third-order valence-electron chi connectivity index (χ3n) is 3.63. The van der Waals surface area contributed by atoms with Crippen molar-refractivity contribution in [1.82, 2.24) is 9.78 Å². The van der Waals surface area contributed by atoms with Crippen LogP contribution in [0.5, 0.6) is 5.75 Å². The van der Waals surface area contributed by atoms with Crippen molar-refractivity contribution in [3.8, 4) is 17.0 Å². The second kappa shape index (κ2) is 7.00. The van der Waals surface area contributed by atoms with Crippen molar-refractivity contribution in [2.45, 2.75) is 0 Å². The number of phenols is 1. The minimum Gasteiger partial charge on any atom is -0.508 e. The third kappa shape index (κ3) is 3.92. The molecule has 2 aromatic carbocycles. The van der Waals surface area contributed by atoms with Gasteiger partial charge in [-0.05, 0) is 54.6 Å². The van der Waals surface area contributed by atoms with Gasteiger partial charge in [-0.15, -0.1) is 0 Å². The van der Waals surface area contributed by atoms with Crippen LogP contribution in [-0.2, 0) is 11.8 Å². The Balaban J connectivity index is 1.78. The normalized spacial score (nSPS) is 11.0. The highest BCUT2D eigenvalue weighted by Crippen LogP contribution is 2.24.